The standard InChI is InChI=1S/C22H36BrNO5/c1-2-29-22(28)18-10-7-17(13-20(18)25)24-16(9-12-21(26)27)8-11-19(24)14-3-5-15(23)6-4-14/h14-20,25H,2-13H2,1H3,(H,26,27). The molecule has 2 N–H and O–H groups in total. The molecule has 166 valence electrons. The molecule has 3 aliphatic rings. The number of hydrogen-bond acceptors (Lipinski definition) is 5. The predicted molar refractivity (Wildman–Crippen MR) is 114 cm³/mol. The van der Waals surface area contributed by atoms with E-state index in [0.717, 1.165) is 19.3 Å². The van der Waals surface area contributed by atoms with E-state index in [1.807, 2.05) is 0 Å². The lowest BCUT2D eigenvalue weighted by Gasteiger charge is -2.45. The number of ether oxygens (including phenoxy) is 1. The molecule has 3 rings (SSSR count). The van der Waals surface area contributed by atoms with Crippen LogP contribution in [0, 0.1) is 11.8 Å². The molecule has 1 aliphatic heterocycles. The summed E-state index contributed by atoms with van der Waals surface area (Å²) in [6, 6.07) is 0.975. The number of carbonyl (C=O) groups excluding carboxylic acids is 1. The van der Waals surface area contributed by atoms with Crippen LogP contribution in [0.3, 0.4) is 0 Å². The molecule has 3 fully saturated rings. The van der Waals surface area contributed by atoms with E-state index < -0.39 is 18.0 Å². The van der Waals surface area contributed by atoms with Gasteiger partial charge in [-0.2, -0.15) is 0 Å². The first-order chi connectivity index (χ1) is 13.9. The van der Waals surface area contributed by atoms with Gasteiger partial charge in [0.2, 0.25) is 0 Å². The van der Waals surface area contributed by atoms with Gasteiger partial charge in [0.05, 0.1) is 18.6 Å². The van der Waals surface area contributed by atoms with E-state index in [2.05, 4.69) is 20.8 Å². The Morgan fingerprint density at radius 1 is 1.07 bits per heavy atom. The van der Waals surface area contributed by atoms with Gasteiger partial charge >= 0.3 is 11.9 Å². The zero-order valence-corrected chi connectivity index (χ0v) is 19.1. The maximum Gasteiger partial charge on any atom is 0.311 e. The lowest BCUT2D eigenvalue weighted by molar-refractivity contribution is -0.155. The summed E-state index contributed by atoms with van der Waals surface area (Å²) in [6.45, 7) is 2.13. The third kappa shape index (κ3) is 5.73. The first-order valence-electron chi connectivity index (χ1n) is 11.4. The fourth-order valence-electron chi connectivity index (χ4n) is 5.95. The summed E-state index contributed by atoms with van der Waals surface area (Å²) in [4.78, 5) is 26.5. The molecular weight excluding hydrogens is 438 g/mol. The Bertz CT molecular complexity index is 565. The number of likely N-dealkylation sites (tertiary alicyclic amines) is 1. The van der Waals surface area contributed by atoms with Gasteiger partial charge in [-0.3, -0.25) is 14.5 Å². The van der Waals surface area contributed by atoms with Gasteiger partial charge in [0, 0.05) is 29.4 Å². The van der Waals surface area contributed by atoms with Gasteiger partial charge in [-0.05, 0) is 77.0 Å². The third-order valence-corrected chi connectivity index (χ3v) is 8.25. The topological polar surface area (TPSA) is 87.1 Å². The average molecular weight is 474 g/mol. The minimum atomic E-state index is -0.737. The Balaban J connectivity index is 1.70. The molecule has 1 heterocycles. The Morgan fingerprint density at radius 2 is 1.79 bits per heavy atom. The smallest absolute Gasteiger partial charge is 0.311 e. The summed E-state index contributed by atoms with van der Waals surface area (Å²) in [7, 11) is 0. The van der Waals surface area contributed by atoms with Crippen molar-refractivity contribution < 1.29 is 24.5 Å². The number of aliphatic hydroxyl groups is 1. The summed E-state index contributed by atoms with van der Waals surface area (Å²) >= 11 is 3.75. The van der Waals surface area contributed by atoms with Gasteiger partial charge in [0.25, 0.3) is 0 Å². The fourth-order valence-corrected chi connectivity index (χ4v) is 6.48. The van der Waals surface area contributed by atoms with Crippen molar-refractivity contribution in [3.63, 3.8) is 0 Å². The maximum atomic E-state index is 12.2. The Kier molecular flexibility index (Phi) is 8.40. The predicted octanol–water partition coefficient (Wildman–Crippen LogP) is 3.73. The second-order valence-electron chi connectivity index (χ2n) is 9.08. The van der Waals surface area contributed by atoms with E-state index in [1.165, 1.54) is 25.7 Å². The number of carboxylic acids is 1. The van der Waals surface area contributed by atoms with Crippen molar-refractivity contribution in [2.75, 3.05) is 6.61 Å². The number of alkyl halides is 1. The lowest BCUT2D eigenvalue weighted by Crippen LogP contribution is -2.52. The molecule has 0 aromatic heterocycles. The number of aliphatic hydroxyl groups excluding tert-OH is 1. The first kappa shape index (κ1) is 23.0. The number of hydrogen-bond donors (Lipinski definition) is 2. The van der Waals surface area contributed by atoms with Crippen molar-refractivity contribution in [1.82, 2.24) is 4.90 Å². The van der Waals surface area contributed by atoms with Crippen molar-refractivity contribution in [2.45, 2.75) is 107 Å². The second-order valence-corrected chi connectivity index (χ2v) is 10.4. The van der Waals surface area contributed by atoms with Gasteiger partial charge in [-0.15, -0.1) is 0 Å². The Morgan fingerprint density at radius 3 is 2.41 bits per heavy atom. The van der Waals surface area contributed by atoms with Crippen LogP contribution in [0.1, 0.15) is 77.6 Å². The van der Waals surface area contributed by atoms with Gasteiger partial charge in [-0.1, -0.05) is 15.9 Å². The monoisotopic (exact) mass is 473 g/mol. The van der Waals surface area contributed by atoms with Crippen LogP contribution in [-0.4, -0.2) is 62.7 Å². The number of aliphatic carboxylic acids is 1. The van der Waals surface area contributed by atoms with Crippen molar-refractivity contribution in [1.29, 1.82) is 0 Å². The summed E-state index contributed by atoms with van der Waals surface area (Å²) < 4.78 is 5.14. The SMILES string of the molecule is CCOC(=O)C1CCC(N2C(CCC(=O)O)CCC2C2CCC(Br)CC2)CC1O. The highest BCUT2D eigenvalue weighted by atomic mass is 79.9. The van der Waals surface area contributed by atoms with E-state index >= 15 is 0 Å². The number of carboxylic acid groups (broad SMARTS) is 1. The number of halogens is 1. The summed E-state index contributed by atoms with van der Waals surface area (Å²) in [6.07, 6.45) is 9.28. The maximum absolute atomic E-state index is 12.2. The van der Waals surface area contributed by atoms with Gasteiger partial charge in [0.1, 0.15) is 0 Å². The Hall–Kier alpha value is -0.660. The largest absolute Gasteiger partial charge is 0.481 e. The van der Waals surface area contributed by atoms with E-state index in [-0.39, 0.29) is 24.5 Å². The first-order valence-corrected chi connectivity index (χ1v) is 12.3. The van der Waals surface area contributed by atoms with Crippen LogP contribution in [-0.2, 0) is 14.3 Å². The number of esters is 1. The molecule has 6 nitrogen and oxygen atoms in total. The summed E-state index contributed by atoms with van der Waals surface area (Å²) in [5.74, 6) is -0.791. The summed E-state index contributed by atoms with van der Waals surface area (Å²) in [5.41, 5.74) is 0. The second kappa shape index (κ2) is 10.6. The van der Waals surface area contributed by atoms with E-state index in [0.29, 0.717) is 42.7 Å². The number of rotatable bonds is 7. The van der Waals surface area contributed by atoms with Gasteiger partial charge < -0.3 is 14.9 Å². The van der Waals surface area contributed by atoms with E-state index in [4.69, 9.17) is 4.74 Å². The lowest BCUT2D eigenvalue weighted by atomic mass is 9.79. The van der Waals surface area contributed by atoms with Crippen LogP contribution in [0.5, 0.6) is 0 Å². The highest BCUT2D eigenvalue weighted by molar-refractivity contribution is 9.09. The number of nitrogens with zero attached hydrogens (tertiary/aromatic N) is 1. The molecule has 0 bridgehead atoms. The molecule has 5 unspecified atom stereocenters. The van der Waals surface area contributed by atoms with Crippen LogP contribution < -0.4 is 0 Å². The molecule has 7 heteroatoms. The van der Waals surface area contributed by atoms with Crippen molar-refractivity contribution in [2.24, 2.45) is 11.8 Å². The third-order valence-electron chi connectivity index (χ3n) is 7.34. The zero-order chi connectivity index (χ0) is 21.0. The highest BCUT2D eigenvalue weighted by Crippen LogP contribution is 2.43. The van der Waals surface area contributed by atoms with Crippen LogP contribution >= 0.6 is 15.9 Å². The summed E-state index contributed by atoms with van der Waals surface area (Å²) in [5, 5.41) is 19.9. The van der Waals surface area contributed by atoms with Crippen LogP contribution in [0.4, 0.5) is 0 Å². The molecule has 0 aromatic rings. The van der Waals surface area contributed by atoms with Crippen LogP contribution in [0.25, 0.3) is 0 Å². The molecular formula is C22H36BrNO5. The number of carbonyl (C=O) groups is 2. The molecule has 29 heavy (non-hydrogen) atoms. The van der Waals surface area contributed by atoms with Gasteiger partial charge in [0.15, 0.2) is 0 Å². The average Bonchev–Trinajstić information content (AvgIpc) is 3.11. The fraction of sp³-hybridized carbons (Fsp3) is 0.909. The normalized spacial score (nSPS) is 38.7. The molecule has 0 amide bonds. The molecule has 1 saturated heterocycles. The minimum Gasteiger partial charge on any atom is -0.481 e. The van der Waals surface area contributed by atoms with Crippen molar-refractivity contribution >= 4 is 27.9 Å². The van der Waals surface area contributed by atoms with Gasteiger partial charge in [-0.25, -0.2) is 0 Å². The minimum absolute atomic E-state index is 0.197. The molecule has 0 spiro atoms. The van der Waals surface area contributed by atoms with Crippen LogP contribution in [0.2, 0.25) is 0 Å². The quantitative estimate of drug-likeness (QED) is 0.432. The van der Waals surface area contributed by atoms with E-state index in [1.54, 1.807) is 6.92 Å². The van der Waals surface area contributed by atoms with Crippen LogP contribution in [0.15, 0.2) is 0 Å². The van der Waals surface area contributed by atoms with E-state index in [9.17, 15) is 19.8 Å². The molecule has 2 aliphatic carbocycles. The zero-order valence-electron chi connectivity index (χ0n) is 17.5. The molecule has 5 atom stereocenters. The van der Waals surface area contributed by atoms with Crippen molar-refractivity contribution in [3.8, 4) is 0 Å². The molecule has 0 radical (unpaired) electrons. The molecule has 2 saturated carbocycles. The Labute approximate surface area is 182 Å². The molecule has 0 aromatic carbocycles. The van der Waals surface area contributed by atoms with Crippen molar-refractivity contribution in [3.05, 3.63) is 0 Å². The highest BCUT2D eigenvalue weighted by Gasteiger charge is 2.45.